The average molecular weight is 195 g/mol. The first-order valence-electron chi connectivity index (χ1n) is 3.33. The third kappa shape index (κ3) is 4.30. The number of hydrogen-bond acceptors (Lipinski definition) is 4. The SMILES string of the molecule is CC(OS(C)(=O)=O)C(=O)N(C)C. The van der Waals surface area contributed by atoms with Gasteiger partial charge in [0.15, 0.2) is 6.10 Å². The summed E-state index contributed by atoms with van der Waals surface area (Å²) in [7, 11) is -0.485. The van der Waals surface area contributed by atoms with Gasteiger partial charge in [0, 0.05) is 14.1 Å². The lowest BCUT2D eigenvalue weighted by Crippen LogP contribution is -2.34. The zero-order valence-corrected chi connectivity index (χ0v) is 8.38. The average Bonchev–Trinajstić information content (AvgIpc) is 1.82. The van der Waals surface area contributed by atoms with Crippen LogP contribution in [-0.4, -0.2) is 45.7 Å². The molecule has 0 fully saturated rings. The molecule has 6 heteroatoms. The summed E-state index contributed by atoms with van der Waals surface area (Å²) in [6.45, 7) is 1.39. The van der Waals surface area contributed by atoms with Gasteiger partial charge in [0.25, 0.3) is 16.0 Å². The standard InChI is InChI=1S/C6H13NO4S/c1-5(6(8)7(2)3)11-12(4,9)10/h5H,1-4H3. The van der Waals surface area contributed by atoms with Crippen LogP contribution in [0.2, 0.25) is 0 Å². The molecule has 0 saturated carbocycles. The summed E-state index contributed by atoms with van der Waals surface area (Å²) in [4.78, 5) is 12.3. The molecule has 1 amide bonds. The predicted octanol–water partition coefficient (Wildman–Crippen LogP) is -0.561. The van der Waals surface area contributed by atoms with E-state index in [1.54, 1.807) is 0 Å². The predicted molar refractivity (Wildman–Crippen MR) is 44.1 cm³/mol. The molecule has 0 aliphatic carbocycles. The molecule has 12 heavy (non-hydrogen) atoms. The van der Waals surface area contributed by atoms with Gasteiger partial charge in [0.1, 0.15) is 0 Å². The van der Waals surface area contributed by atoms with Crippen molar-refractivity contribution in [2.24, 2.45) is 0 Å². The minimum absolute atomic E-state index is 0.375. The zero-order chi connectivity index (χ0) is 9.94. The first kappa shape index (κ1) is 11.4. The van der Waals surface area contributed by atoms with E-state index in [-0.39, 0.29) is 5.91 Å². The van der Waals surface area contributed by atoms with E-state index in [2.05, 4.69) is 4.18 Å². The Morgan fingerprint density at radius 1 is 1.42 bits per heavy atom. The van der Waals surface area contributed by atoms with Gasteiger partial charge in [0.05, 0.1) is 6.26 Å². The summed E-state index contributed by atoms with van der Waals surface area (Å²) in [5, 5.41) is 0. The Kier molecular flexibility index (Phi) is 3.66. The molecule has 0 aromatic rings. The third-order valence-electron chi connectivity index (χ3n) is 1.11. The summed E-state index contributed by atoms with van der Waals surface area (Å²) in [6.07, 6.45) is -0.0399. The molecule has 0 heterocycles. The van der Waals surface area contributed by atoms with Crippen molar-refractivity contribution in [2.75, 3.05) is 20.4 Å². The number of likely N-dealkylation sites (N-methyl/N-ethyl adjacent to an activating group) is 1. The minimum Gasteiger partial charge on any atom is -0.347 e. The van der Waals surface area contributed by atoms with E-state index in [1.807, 2.05) is 0 Å². The first-order chi connectivity index (χ1) is 5.24. The second-order valence-electron chi connectivity index (χ2n) is 2.68. The van der Waals surface area contributed by atoms with Gasteiger partial charge in [-0.2, -0.15) is 8.42 Å². The van der Waals surface area contributed by atoms with Crippen LogP contribution in [0.15, 0.2) is 0 Å². The van der Waals surface area contributed by atoms with Crippen molar-refractivity contribution in [1.29, 1.82) is 0 Å². The summed E-state index contributed by atoms with van der Waals surface area (Å²) in [6, 6.07) is 0. The fourth-order valence-corrected chi connectivity index (χ4v) is 1.27. The Labute approximate surface area is 72.4 Å². The summed E-state index contributed by atoms with van der Waals surface area (Å²) in [5.74, 6) is -0.375. The molecule has 0 bridgehead atoms. The largest absolute Gasteiger partial charge is 0.347 e. The van der Waals surface area contributed by atoms with Crippen molar-refractivity contribution >= 4 is 16.0 Å². The Bertz CT molecular complexity index is 257. The van der Waals surface area contributed by atoms with Crippen LogP contribution in [0.1, 0.15) is 6.92 Å². The van der Waals surface area contributed by atoms with Crippen LogP contribution < -0.4 is 0 Å². The molecule has 0 aromatic carbocycles. The van der Waals surface area contributed by atoms with Crippen LogP contribution in [-0.2, 0) is 19.1 Å². The van der Waals surface area contributed by atoms with Crippen LogP contribution in [0.5, 0.6) is 0 Å². The maximum atomic E-state index is 11.1. The van der Waals surface area contributed by atoms with Gasteiger partial charge in [-0.3, -0.25) is 8.98 Å². The maximum absolute atomic E-state index is 11.1. The molecule has 1 atom stereocenters. The molecule has 0 radical (unpaired) electrons. The van der Waals surface area contributed by atoms with E-state index >= 15 is 0 Å². The van der Waals surface area contributed by atoms with Gasteiger partial charge in [-0.25, -0.2) is 0 Å². The van der Waals surface area contributed by atoms with Crippen LogP contribution in [0.25, 0.3) is 0 Å². The lowest BCUT2D eigenvalue weighted by molar-refractivity contribution is -0.135. The van der Waals surface area contributed by atoms with Gasteiger partial charge in [-0.15, -0.1) is 0 Å². The molecule has 72 valence electrons. The molecule has 5 nitrogen and oxygen atoms in total. The molecule has 0 N–H and O–H groups in total. The van der Waals surface area contributed by atoms with Crippen molar-refractivity contribution < 1.29 is 17.4 Å². The zero-order valence-electron chi connectivity index (χ0n) is 7.57. The highest BCUT2D eigenvalue weighted by Gasteiger charge is 2.19. The number of rotatable bonds is 3. The molecule has 0 spiro atoms. The van der Waals surface area contributed by atoms with E-state index in [0.717, 1.165) is 6.26 Å². The van der Waals surface area contributed by atoms with Crippen molar-refractivity contribution in [3.05, 3.63) is 0 Å². The molecule has 0 rings (SSSR count). The monoisotopic (exact) mass is 195 g/mol. The van der Waals surface area contributed by atoms with Gasteiger partial charge >= 0.3 is 0 Å². The first-order valence-corrected chi connectivity index (χ1v) is 5.15. The third-order valence-corrected chi connectivity index (χ3v) is 1.75. The second-order valence-corrected chi connectivity index (χ2v) is 4.28. The van der Waals surface area contributed by atoms with E-state index in [1.165, 1.54) is 25.9 Å². The number of nitrogens with zero attached hydrogens (tertiary/aromatic N) is 1. The van der Waals surface area contributed by atoms with E-state index in [9.17, 15) is 13.2 Å². The van der Waals surface area contributed by atoms with Crippen molar-refractivity contribution in [3.63, 3.8) is 0 Å². The van der Waals surface area contributed by atoms with Gasteiger partial charge in [-0.1, -0.05) is 0 Å². The molecular formula is C6H13NO4S. The second kappa shape index (κ2) is 3.86. The normalized spacial score (nSPS) is 14.0. The van der Waals surface area contributed by atoms with Gasteiger partial charge in [-0.05, 0) is 6.92 Å². The Morgan fingerprint density at radius 3 is 2.08 bits per heavy atom. The van der Waals surface area contributed by atoms with Crippen molar-refractivity contribution in [2.45, 2.75) is 13.0 Å². The fraction of sp³-hybridized carbons (Fsp3) is 0.833. The van der Waals surface area contributed by atoms with Gasteiger partial charge < -0.3 is 4.90 Å². The van der Waals surface area contributed by atoms with Crippen LogP contribution in [0.3, 0.4) is 0 Å². The highest BCUT2D eigenvalue weighted by molar-refractivity contribution is 7.86. The molecule has 0 aliphatic rings. The van der Waals surface area contributed by atoms with E-state index in [0.29, 0.717) is 0 Å². The van der Waals surface area contributed by atoms with Crippen molar-refractivity contribution in [1.82, 2.24) is 4.90 Å². The Hall–Kier alpha value is -0.620. The maximum Gasteiger partial charge on any atom is 0.265 e. The van der Waals surface area contributed by atoms with E-state index in [4.69, 9.17) is 0 Å². The lowest BCUT2D eigenvalue weighted by Gasteiger charge is -2.15. The minimum atomic E-state index is -3.55. The molecule has 1 unspecified atom stereocenters. The van der Waals surface area contributed by atoms with Crippen LogP contribution in [0.4, 0.5) is 0 Å². The summed E-state index contributed by atoms with van der Waals surface area (Å²) in [5.41, 5.74) is 0. The number of carbonyl (C=O) groups excluding carboxylic acids is 1. The number of hydrogen-bond donors (Lipinski definition) is 0. The number of amides is 1. The quantitative estimate of drug-likeness (QED) is 0.566. The molecular weight excluding hydrogens is 182 g/mol. The molecule has 0 saturated heterocycles. The molecule has 0 aromatic heterocycles. The van der Waals surface area contributed by atoms with Crippen LogP contribution >= 0.6 is 0 Å². The summed E-state index contributed by atoms with van der Waals surface area (Å²) < 4.78 is 25.6. The fourth-order valence-electron chi connectivity index (χ4n) is 0.667. The summed E-state index contributed by atoms with van der Waals surface area (Å²) >= 11 is 0. The highest BCUT2D eigenvalue weighted by atomic mass is 32.2. The van der Waals surface area contributed by atoms with Gasteiger partial charge in [0.2, 0.25) is 0 Å². The smallest absolute Gasteiger partial charge is 0.265 e. The highest BCUT2D eigenvalue weighted by Crippen LogP contribution is 1.99. The molecule has 0 aliphatic heterocycles. The topological polar surface area (TPSA) is 63.7 Å². The van der Waals surface area contributed by atoms with E-state index < -0.39 is 16.2 Å². The van der Waals surface area contributed by atoms with Crippen molar-refractivity contribution in [3.8, 4) is 0 Å². The Morgan fingerprint density at radius 2 is 1.83 bits per heavy atom. The Balaban J connectivity index is 4.24. The van der Waals surface area contributed by atoms with Crippen LogP contribution in [0, 0.1) is 0 Å². The number of carbonyl (C=O) groups is 1. The lowest BCUT2D eigenvalue weighted by atomic mass is 10.4.